The van der Waals surface area contributed by atoms with Crippen LogP contribution in [0.2, 0.25) is 0 Å². The molecule has 0 saturated heterocycles. The number of carbonyl (C=O) groups excluding carboxylic acids is 2. The van der Waals surface area contributed by atoms with Crippen molar-refractivity contribution in [2.45, 2.75) is 25.7 Å². The Kier molecular flexibility index (Phi) is 4.39. The van der Waals surface area contributed by atoms with Gasteiger partial charge in [0, 0.05) is 19.0 Å². The summed E-state index contributed by atoms with van der Waals surface area (Å²) in [6.07, 6.45) is 5.73. The van der Waals surface area contributed by atoms with Gasteiger partial charge in [0.1, 0.15) is 0 Å². The molecule has 2 amide bonds. The Morgan fingerprint density at radius 2 is 1.94 bits per heavy atom. The molecule has 0 unspecified atom stereocenters. The number of rotatable bonds is 5. The van der Waals surface area contributed by atoms with Crippen LogP contribution in [0.25, 0.3) is 0 Å². The first kappa shape index (κ1) is 12.7. The monoisotopic (exact) mass is 250 g/mol. The van der Waals surface area contributed by atoms with E-state index in [4.69, 9.17) is 4.42 Å². The van der Waals surface area contributed by atoms with Gasteiger partial charge in [-0.15, -0.1) is 0 Å². The maximum Gasteiger partial charge on any atom is 0.287 e. The Morgan fingerprint density at radius 1 is 1.22 bits per heavy atom. The van der Waals surface area contributed by atoms with Crippen LogP contribution >= 0.6 is 0 Å². The van der Waals surface area contributed by atoms with E-state index in [1.54, 1.807) is 12.1 Å². The Labute approximate surface area is 106 Å². The third-order valence-electron chi connectivity index (χ3n) is 3.18. The third-order valence-corrected chi connectivity index (χ3v) is 3.18. The van der Waals surface area contributed by atoms with Crippen LogP contribution in [0, 0.1) is 5.92 Å². The van der Waals surface area contributed by atoms with E-state index in [1.807, 2.05) is 0 Å². The van der Waals surface area contributed by atoms with Gasteiger partial charge in [-0.25, -0.2) is 0 Å². The Hall–Kier alpha value is -1.78. The summed E-state index contributed by atoms with van der Waals surface area (Å²) in [4.78, 5) is 23.2. The molecule has 1 aromatic heterocycles. The van der Waals surface area contributed by atoms with Gasteiger partial charge in [-0.3, -0.25) is 9.59 Å². The van der Waals surface area contributed by atoms with E-state index in [1.165, 1.54) is 6.26 Å². The van der Waals surface area contributed by atoms with Crippen molar-refractivity contribution in [3.8, 4) is 0 Å². The average molecular weight is 250 g/mol. The van der Waals surface area contributed by atoms with E-state index in [0.29, 0.717) is 13.1 Å². The summed E-state index contributed by atoms with van der Waals surface area (Å²) in [6, 6.07) is 3.27. The van der Waals surface area contributed by atoms with Crippen molar-refractivity contribution in [1.82, 2.24) is 10.6 Å². The first-order valence-electron chi connectivity index (χ1n) is 6.37. The van der Waals surface area contributed by atoms with Gasteiger partial charge in [-0.05, 0) is 25.0 Å². The second-order valence-electron chi connectivity index (χ2n) is 4.51. The summed E-state index contributed by atoms with van der Waals surface area (Å²) in [6.45, 7) is 0.875. The highest BCUT2D eigenvalue weighted by molar-refractivity contribution is 5.91. The molecule has 0 bridgehead atoms. The topological polar surface area (TPSA) is 71.3 Å². The van der Waals surface area contributed by atoms with Crippen LogP contribution in [0.5, 0.6) is 0 Å². The summed E-state index contributed by atoms with van der Waals surface area (Å²) in [5.74, 6) is 0.317. The smallest absolute Gasteiger partial charge is 0.287 e. The SMILES string of the molecule is O=C(NCCNC(=O)C1CCCC1)c1ccco1. The second kappa shape index (κ2) is 6.23. The molecule has 98 valence electrons. The molecular weight excluding hydrogens is 232 g/mol. The van der Waals surface area contributed by atoms with Crippen LogP contribution in [0.1, 0.15) is 36.2 Å². The molecule has 1 fully saturated rings. The lowest BCUT2D eigenvalue weighted by Gasteiger charge is -2.10. The molecule has 1 saturated carbocycles. The van der Waals surface area contributed by atoms with Crippen LogP contribution in [0.15, 0.2) is 22.8 Å². The molecule has 2 N–H and O–H groups in total. The van der Waals surface area contributed by atoms with Crippen molar-refractivity contribution < 1.29 is 14.0 Å². The molecule has 1 aliphatic carbocycles. The fraction of sp³-hybridized carbons (Fsp3) is 0.538. The number of amides is 2. The van der Waals surface area contributed by atoms with Crippen molar-refractivity contribution in [2.24, 2.45) is 5.92 Å². The van der Waals surface area contributed by atoms with Gasteiger partial charge in [-0.2, -0.15) is 0 Å². The normalized spacial score (nSPS) is 15.6. The maximum atomic E-state index is 11.7. The van der Waals surface area contributed by atoms with E-state index in [0.717, 1.165) is 25.7 Å². The van der Waals surface area contributed by atoms with Gasteiger partial charge in [0.05, 0.1) is 6.26 Å². The van der Waals surface area contributed by atoms with E-state index in [9.17, 15) is 9.59 Å². The standard InChI is InChI=1S/C13H18N2O3/c16-12(10-4-1-2-5-10)14-7-8-15-13(17)11-6-3-9-18-11/h3,6,9-10H,1-2,4-5,7-8H2,(H,14,16)(H,15,17). The van der Waals surface area contributed by atoms with Crippen molar-refractivity contribution >= 4 is 11.8 Å². The fourth-order valence-electron chi connectivity index (χ4n) is 2.19. The molecule has 0 atom stereocenters. The summed E-state index contributed by atoms with van der Waals surface area (Å²) in [7, 11) is 0. The van der Waals surface area contributed by atoms with Crippen molar-refractivity contribution in [1.29, 1.82) is 0 Å². The van der Waals surface area contributed by atoms with E-state index >= 15 is 0 Å². The van der Waals surface area contributed by atoms with Gasteiger partial charge in [0.2, 0.25) is 5.91 Å². The van der Waals surface area contributed by atoms with Crippen molar-refractivity contribution in [3.63, 3.8) is 0 Å². The van der Waals surface area contributed by atoms with Gasteiger partial charge >= 0.3 is 0 Å². The summed E-state index contributed by atoms with van der Waals surface area (Å²) < 4.78 is 4.96. The largest absolute Gasteiger partial charge is 0.459 e. The number of carbonyl (C=O) groups is 2. The van der Waals surface area contributed by atoms with Crippen LogP contribution < -0.4 is 10.6 Å². The zero-order valence-electron chi connectivity index (χ0n) is 10.3. The average Bonchev–Trinajstić information content (AvgIpc) is 3.05. The Balaban J connectivity index is 1.61. The molecule has 1 heterocycles. The first-order chi connectivity index (χ1) is 8.77. The van der Waals surface area contributed by atoms with Gasteiger partial charge < -0.3 is 15.1 Å². The quantitative estimate of drug-likeness (QED) is 0.774. The summed E-state index contributed by atoms with van der Waals surface area (Å²) >= 11 is 0. The third kappa shape index (κ3) is 3.35. The zero-order valence-corrected chi connectivity index (χ0v) is 10.3. The van der Waals surface area contributed by atoms with Crippen LogP contribution in [-0.4, -0.2) is 24.9 Å². The lowest BCUT2D eigenvalue weighted by atomic mass is 10.1. The molecule has 0 aliphatic heterocycles. The minimum absolute atomic E-state index is 0.111. The number of nitrogens with one attached hydrogen (secondary N) is 2. The molecule has 1 aliphatic rings. The van der Waals surface area contributed by atoms with Crippen molar-refractivity contribution in [2.75, 3.05) is 13.1 Å². The molecule has 5 nitrogen and oxygen atoms in total. The van der Waals surface area contributed by atoms with Crippen LogP contribution in [0.4, 0.5) is 0 Å². The molecule has 0 spiro atoms. The maximum absolute atomic E-state index is 11.7. The minimum atomic E-state index is -0.255. The first-order valence-corrected chi connectivity index (χ1v) is 6.37. The summed E-state index contributed by atoms with van der Waals surface area (Å²) in [5.41, 5.74) is 0. The van der Waals surface area contributed by atoms with E-state index < -0.39 is 0 Å². The van der Waals surface area contributed by atoms with Crippen LogP contribution in [-0.2, 0) is 4.79 Å². The summed E-state index contributed by atoms with van der Waals surface area (Å²) in [5, 5.41) is 5.52. The number of hydrogen-bond acceptors (Lipinski definition) is 3. The van der Waals surface area contributed by atoms with E-state index in [-0.39, 0.29) is 23.5 Å². The lowest BCUT2D eigenvalue weighted by molar-refractivity contribution is -0.124. The Bertz CT molecular complexity index is 394. The van der Waals surface area contributed by atoms with Crippen molar-refractivity contribution in [3.05, 3.63) is 24.2 Å². The second-order valence-corrected chi connectivity index (χ2v) is 4.51. The number of hydrogen-bond donors (Lipinski definition) is 2. The lowest BCUT2D eigenvalue weighted by Crippen LogP contribution is -2.36. The zero-order chi connectivity index (χ0) is 12.8. The molecule has 1 aromatic rings. The molecule has 0 radical (unpaired) electrons. The predicted octanol–water partition coefficient (Wildman–Crippen LogP) is 1.32. The predicted molar refractivity (Wildman–Crippen MR) is 66.0 cm³/mol. The van der Waals surface area contributed by atoms with Gasteiger partial charge in [0.15, 0.2) is 5.76 Å². The highest BCUT2D eigenvalue weighted by Crippen LogP contribution is 2.24. The van der Waals surface area contributed by atoms with Gasteiger partial charge in [0.25, 0.3) is 5.91 Å². The molecular formula is C13H18N2O3. The minimum Gasteiger partial charge on any atom is -0.459 e. The Morgan fingerprint density at radius 3 is 2.61 bits per heavy atom. The molecule has 0 aromatic carbocycles. The van der Waals surface area contributed by atoms with E-state index in [2.05, 4.69) is 10.6 Å². The van der Waals surface area contributed by atoms with Gasteiger partial charge in [-0.1, -0.05) is 12.8 Å². The highest BCUT2D eigenvalue weighted by atomic mass is 16.3. The molecule has 18 heavy (non-hydrogen) atoms. The number of furan rings is 1. The highest BCUT2D eigenvalue weighted by Gasteiger charge is 2.21. The van der Waals surface area contributed by atoms with Crippen LogP contribution in [0.3, 0.4) is 0 Å². The molecule has 5 heteroatoms. The molecule has 2 rings (SSSR count). The fourth-order valence-corrected chi connectivity index (χ4v) is 2.19.